The van der Waals surface area contributed by atoms with Crippen LogP contribution in [-0.4, -0.2) is 5.78 Å². The fraction of sp³-hybridized carbons (Fsp3) is 0.353. The van der Waals surface area contributed by atoms with Crippen LogP contribution in [0, 0.1) is 12.7 Å². The second kappa shape index (κ2) is 5.49. The topological polar surface area (TPSA) is 17.1 Å². The molecule has 0 N–H and O–H groups in total. The fourth-order valence-corrected chi connectivity index (χ4v) is 3.98. The first kappa shape index (κ1) is 13.5. The molecule has 0 bridgehead atoms. The second-order valence-corrected chi connectivity index (χ2v) is 6.46. The van der Waals surface area contributed by atoms with E-state index in [4.69, 9.17) is 0 Å². The third-order valence-corrected chi connectivity index (χ3v) is 5.11. The lowest BCUT2D eigenvalue weighted by atomic mass is 9.82. The molecule has 1 nitrogen and oxygen atoms in total. The van der Waals surface area contributed by atoms with E-state index >= 15 is 0 Å². The quantitative estimate of drug-likeness (QED) is 0.816. The van der Waals surface area contributed by atoms with Gasteiger partial charge in [-0.05, 0) is 66.5 Å². The number of Topliss-reactive ketones (excluding diaryl/α,β-unsaturated/α-hetero) is 1. The van der Waals surface area contributed by atoms with Gasteiger partial charge in [-0.3, -0.25) is 4.79 Å². The average Bonchev–Trinajstić information content (AvgIpc) is 2.90. The van der Waals surface area contributed by atoms with Gasteiger partial charge in [0.2, 0.25) is 0 Å². The molecule has 0 aliphatic heterocycles. The van der Waals surface area contributed by atoms with E-state index in [0.29, 0.717) is 6.42 Å². The first-order chi connectivity index (χ1) is 9.65. The minimum Gasteiger partial charge on any atom is -0.299 e. The Balaban J connectivity index is 1.81. The zero-order chi connectivity index (χ0) is 14.1. The van der Waals surface area contributed by atoms with Gasteiger partial charge in [-0.15, -0.1) is 11.3 Å². The maximum absolute atomic E-state index is 13.1. The molecule has 1 heterocycles. The van der Waals surface area contributed by atoms with Crippen LogP contribution in [0.3, 0.4) is 0 Å². The maximum Gasteiger partial charge on any atom is 0.144 e. The zero-order valence-corrected chi connectivity index (χ0v) is 12.3. The van der Waals surface area contributed by atoms with Crippen LogP contribution in [0.15, 0.2) is 29.6 Å². The van der Waals surface area contributed by atoms with Gasteiger partial charge in [-0.2, -0.15) is 0 Å². The van der Waals surface area contributed by atoms with Crippen molar-refractivity contribution < 1.29 is 9.18 Å². The van der Waals surface area contributed by atoms with Crippen LogP contribution >= 0.6 is 11.3 Å². The van der Waals surface area contributed by atoms with E-state index in [2.05, 4.69) is 11.4 Å². The Hall–Kier alpha value is -1.48. The molecule has 1 unspecified atom stereocenters. The Bertz CT molecular complexity index is 644. The monoisotopic (exact) mass is 288 g/mol. The van der Waals surface area contributed by atoms with Gasteiger partial charge >= 0.3 is 0 Å². The van der Waals surface area contributed by atoms with E-state index in [1.807, 2.05) is 6.92 Å². The van der Waals surface area contributed by atoms with Gasteiger partial charge < -0.3 is 0 Å². The van der Waals surface area contributed by atoms with Crippen LogP contribution in [0.2, 0.25) is 0 Å². The van der Waals surface area contributed by atoms with Crippen LogP contribution in [0.5, 0.6) is 0 Å². The molecule has 0 fully saturated rings. The van der Waals surface area contributed by atoms with Crippen molar-refractivity contribution in [2.75, 3.05) is 0 Å². The Kier molecular flexibility index (Phi) is 3.70. The number of halogens is 1. The summed E-state index contributed by atoms with van der Waals surface area (Å²) in [5.74, 6) is 0.0602. The third-order valence-electron chi connectivity index (χ3n) is 4.11. The standard InChI is InChI=1S/C17H17FOS/c1-11-9-13(18)6-5-12(11)10-16(19)14-3-2-4-17-15(14)7-8-20-17/h5-9,14H,2-4,10H2,1H3. The minimum absolute atomic E-state index is 0.0365. The Labute approximate surface area is 122 Å². The summed E-state index contributed by atoms with van der Waals surface area (Å²) in [6.07, 6.45) is 3.55. The van der Waals surface area contributed by atoms with E-state index in [-0.39, 0.29) is 17.5 Å². The number of rotatable bonds is 3. The molecule has 1 aromatic heterocycles. The number of hydrogen-bond acceptors (Lipinski definition) is 2. The molecule has 3 rings (SSSR count). The van der Waals surface area contributed by atoms with Crippen LogP contribution in [0.1, 0.15) is 40.3 Å². The van der Waals surface area contributed by atoms with Crippen molar-refractivity contribution in [1.29, 1.82) is 0 Å². The Morgan fingerprint density at radius 1 is 1.40 bits per heavy atom. The van der Waals surface area contributed by atoms with E-state index in [1.54, 1.807) is 17.4 Å². The number of carbonyl (C=O) groups is 1. The molecule has 1 aliphatic rings. The van der Waals surface area contributed by atoms with Gasteiger partial charge in [-0.1, -0.05) is 6.07 Å². The summed E-state index contributed by atoms with van der Waals surface area (Å²) in [5.41, 5.74) is 3.03. The number of benzene rings is 1. The molecule has 1 aliphatic carbocycles. The van der Waals surface area contributed by atoms with Gasteiger partial charge in [0.25, 0.3) is 0 Å². The number of carbonyl (C=O) groups excluding carboxylic acids is 1. The summed E-state index contributed by atoms with van der Waals surface area (Å²) in [6, 6.07) is 6.77. The van der Waals surface area contributed by atoms with Crippen molar-refractivity contribution in [2.24, 2.45) is 0 Å². The molecule has 0 saturated carbocycles. The van der Waals surface area contributed by atoms with Gasteiger partial charge in [0.05, 0.1) is 0 Å². The summed E-state index contributed by atoms with van der Waals surface area (Å²) in [6.45, 7) is 1.86. The summed E-state index contributed by atoms with van der Waals surface area (Å²) < 4.78 is 13.1. The first-order valence-corrected chi connectivity index (χ1v) is 7.87. The molecular formula is C17H17FOS. The second-order valence-electron chi connectivity index (χ2n) is 5.46. The molecule has 0 spiro atoms. The van der Waals surface area contributed by atoms with E-state index in [9.17, 15) is 9.18 Å². The lowest BCUT2D eigenvalue weighted by molar-refractivity contribution is -0.120. The highest BCUT2D eigenvalue weighted by Crippen LogP contribution is 2.36. The predicted octanol–water partition coefficient (Wildman–Crippen LogP) is 4.43. The van der Waals surface area contributed by atoms with Crippen LogP contribution < -0.4 is 0 Å². The predicted molar refractivity (Wildman–Crippen MR) is 79.8 cm³/mol. The summed E-state index contributed by atoms with van der Waals surface area (Å²) in [4.78, 5) is 13.9. The molecule has 104 valence electrons. The first-order valence-electron chi connectivity index (χ1n) is 6.99. The highest BCUT2D eigenvalue weighted by molar-refractivity contribution is 7.10. The lowest BCUT2D eigenvalue weighted by Crippen LogP contribution is -2.19. The molecule has 0 radical (unpaired) electrons. The number of thiophene rings is 1. The normalized spacial score (nSPS) is 17.8. The molecular weight excluding hydrogens is 271 g/mol. The molecule has 3 heteroatoms. The molecule has 0 amide bonds. The highest BCUT2D eigenvalue weighted by atomic mass is 32.1. The maximum atomic E-state index is 13.1. The van der Waals surface area contributed by atoms with Gasteiger partial charge in [0, 0.05) is 17.2 Å². The van der Waals surface area contributed by atoms with Gasteiger partial charge in [-0.25, -0.2) is 4.39 Å². The van der Waals surface area contributed by atoms with Gasteiger partial charge in [0.15, 0.2) is 0 Å². The molecule has 1 aromatic carbocycles. The van der Waals surface area contributed by atoms with Crippen LogP contribution in [0.4, 0.5) is 4.39 Å². The molecule has 2 aromatic rings. The molecule has 1 atom stereocenters. The van der Waals surface area contributed by atoms with E-state index in [1.165, 1.54) is 22.6 Å². The smallest absolute Gasteiger partial charge is 0.144 e. The van der Waals surface area contributed by atoms with Gasteiger partial charge in [0.1, 0.15) is 11.6 Å². The van der Waals surface area contributed by atoms with Crippen molar-refractivity contribution >= 4 is 17.1 Å². The van der Waals surface area contributed by atoms with Crippen molar-refractivity contribution in [1.82, 2.24) is 0 Å². The van der Waals surface area contributed by atoms with Crippen molar-refractivity contribution in [3.63, 3.8) is 0 Å². The molecule has 20 heavy (non-hydrogen) atoms. The summed E-state index contributed by atoms with van der Waals surface area (Å²) in [7, 11) is 0. The number of hydrogen-bond donors (Lipinski definition) is 0. The number of fused-ring (bicyclic) bond motifs is 1. The average molecular weight is 288 g/mol. The minimum atomic E-state index is -0.239. The number of aryl methyl sites for hydroxylation is 2. The molecule has 0 saturated heterocycles. The Morgan fingerprint density at radius 2 is 2.25 bits per heavy atom. The lowest BCUT2D eigenvalue weighted by Gasteiger charge is -2.21. The van der Waals surface area contributed by atoms with Crippen molar-refractivity contribution in [3.8, 4) is 0 Å². The SMILES string of the molecule is Cc1cc(F)ccc1CC(=O)C1CCCc2sccc21. The fourth-order valence-electron chi connectivity index (χ4n) is 2.99. The van der Waals surface area contributed by atoms with Crippen molar-refractivity contribution in [3.05, 3.63) is 57.0 Å². The highest BCUT2D eigenvalue weighted by Gasteiger charge is 2.27. The summed E-state index contributed by atoms with van der Waals surface area (Å²) in [5, 5.41) is 2.08. The third kappa shape index (κ3) is 2.55. The van der Waals surface area contributed by atoms with Crippen molar-refractivity contribution in [2.45, 2.75) is 38.5 Å². The Morgan fingerprint density at radius 3 is 3.05 bits per heavy atom. The zero-order valence-electron chi connectivity index (χ0n) is 11.5. The van der Waals surface area contributed by atoms with E-state index in [0.717, 1.165) is 30.4 Å². The summed E-state index contributed by atoms with van der Waals surface area (Å²) >= 11 is 1.76. The largest absolute Gasteiger partial charge is 0.299 e. The van der Waals surface area contributed by atoms with Crippen LogP contribution in [-0.2, 0) is 17.6 Å². The van der Waals surface area contributed by atoms with Crippen LogP contribution in [0.25, 0.3) is 0 Å². The van der Waals surface area contributed by atoms with E-state index < -0.39 is 0 Å². The number of ketones is 1.